The summed E-state index contributed by atoms with van der Waals surface area (Å²) in [6.07, 6.45) is 6.15. The molecule has 3 amide bonds. The highest BCUT2D eigenvalue weighted by molar-refractivity contribution is 14.0. The number of carbonyl (C=O) groups excluding carboxylic acids is 2. The van der Waals surface area contributed by atoms with Crippen molar-refractivity contribution >= 4 is 47.6 Å². The van der Waals surface area contributed by atoms with Crippen LogP contribution in [0.3, 0.4) is 0 Å². The molecule has 2 fully saturated rings. The SMILES string of the molecule is CCNC(=NCc1cccc(NC(=O)N2CCCC2)c1)NCC1(C(=O)N(C)C)CCCC1.I. The lowest BCUT2D eigenvalue weighted by molar-refractivity contribution is -0.138. The van der Waals surface area contributed by atoms with Gasteiger partial charge in [-0.05, 0) is 50.3 Å². The number of amides is 3. The number of hydrogen-bond acceptors (Lipinski definition) is 3. The zero-order valence-electron chi connectivity index (χ0n) is 20.2. The van der Waals surface area contributed by atoms with Gasteiger partial charge in [0.05, 0.1) is 12.0 Å². The molecule has 8 nitrogen and oxygen atoms in total. The molecule has 0 aromatic heterocycles. The molecule has 2 aliphatic rings. The molecule has 0 radical (unpaired) electrons. The lowest BCUT2D eigenvalue weighted by Gasteiger charge is -2.31. The second kappa shape index (κ2) is 13.0. The fourth-order valence-electron chi connectivity index (χ4n) is 4.63. The summed E-state index contributed by atoms with van der Waals surface area (Å²) in [5, 5.41) is 9.68. The number of urea groups is 1. The highest BCUT2D eigenvalue weighted by Crippen LogP contribution is 2.38. The van der Waals surface area contributed by atoms with E-state index in [1.807, 2.05) is 50.2 Å². The molecule has 0 bridgehead atoms. The number of hydrogen-bond donors (Lipinski definition) is 3. The van der Waals surface area contributed by atoms with Crippen molar-refractivity contribution in [2.24, 2.45) is 10.4 Å². The maximum absolute atomic E-state index is 12.8. The monoisotopic (exact) mass is 570 g/mol. The first-order valence-electron chi connectivity index (χ1n) is 11.8. The Morgan fingerprint density at radius 1 is 1.09 bits per heavy atom. The van der Waals surface area contributed by atoms with Crippen LogP contribution in [0.5, 0.6) is 0 Å². The first kappa shape index (κ1) is 27.2. The topological polar surface area (TPSA) is 89.1 Å². The Labute approximate surface area is 215 Å². The molecule has 0 unspecified atom stereocenters. The summed E-state index contributed by atoms with van der Waals surface area (Å²) in [6.45, 7) is 5.49. The van der Waals surface area contributed by atoms with E-state index in [9.17, 15) is 9.59 Å². The summed E-state index contributed by atoms with van der Waals surface area (Å²) in [7, 11) is 3.66. The van der Waals surface area contributed by atoms with Crippen molar-refractivity contribution < 1.29 is 9.59 Å². The number of guanidine groups is 1. The van der Waals surface area contributed by atoms with E-state index in [0.29, 0.717) is 19.0 Å². The number of likely N-dealkylation sites (tertiary alicyclic amines) is 1. The summed E-state index contributed by atoms with van der Waals surface area (Å²) in [6, 6.07) is 7.78. The Bertz CT molecular complexity index is 817. The van der Waals surface area contributed by atoms with Crippen LogP contribution in [0, 0.1) is 5.41 Å². The van der Waals surface area contributed by atoms with Gasteiger partial charge in [-0.25, -0.2) is 9.79 Å². The van der Waals surface area contributed by atoms with Crippen molar-refractivity contribution in [3.63, 3.8) is 0 Å². The highest BCUT2D eigenvalue weighted by Gasteiger charge is 2.42. The minimum atomic E-state index is -0.348. The number of nitrogens with zero attached hydrogens (tertiary/aromatic N) is 3. The standard InChI is InChI=1S/C24H38N6O2.HI/c1-4-25-22(27-18-24(12-5-6-13-24)21(31)29(2)3)26-17-19-10-9-11-20(16-19)28-23(32)30-14-7-8-15-30;/h9-11,16H,4-8,12-15,17-18H2,1-3H3,(H,28,32)(H2,25,26,27);1H. The molecule has 3 N–H and O–H groups in total. The smallest absolute Gasteiger partial charge is 0.321 e. The Morgan fingerprint density at radius 3 is 2.42 bits per heavy atom. The molecule has 1 aromatic rings. The first-order valence-corrected chi connectivity index (χ1v) is 11.8. The van der Waals surface area contributed by atoms with Gasteiger partial charge in [0, 0.05) is 46.0 Å². The van der Waals surface area contributed by atoms with E-state index in [1.165, 1.54) is 0 Å². The van der Waals surface area contributed by atoms with Gasteiger partial charge < -0.3 is 25.8 Å². The second-order valence-corrected chi connectivity index (χ2v) is 9.06. The quantitative estimate of drug-likeness (QED) is 0.266. The highest BCUT2D eigenvalue weighted by atomic mass is 127. The van der Waals surface area contributed by atoms with Gasteiger partial charge >= 0.3 is 6.03 Å². The van der Waals surface area contributed by atoms with E-state index >= 15 is 0 Å². The van der Waals surface area contributed by atoms with Crippen LogP contribution in [-0.4, -0.2) is 68.0 Å². The van der Waals surface area contributed by atoms with Crippen LogP contribution in [0.2, 0.25) is 0 Å². The summed E-state index contributed by atoms with van der Waals surface area (Å²) < 4.78 is 0. The van der Waals surface area contributed by atoms with Crippen molar-refractivity contribution in [3.8, 4) is 0 Å². The van der Waals surface area contributed by atoms with Crippen LogP contribution >= 0.6 is 24.0 Å². The number of rotatable bonds is 7. The average Bonchev–Trinajstić information content (AvgIpc) is 3.48. The average molecular weight is 571 g/mol. The predicted octanol–water partition coefficient (Wildman–Crippen LogP) is 3.64. The summed E-state index contributed by atoms with van der Waals surface area (Å²) in [5.74, 6) is 0.900. The zero-order chi connectivity index (χ0) is 23.0. The van der Waals surface area contributed by atoms with E-state index in [2.05, 4.69) is 16.0 Å². The molecule has 1 aliphatic carbocycles. The minimum absolute atomic E-state index is 0. The maximum atomic E-state index is 12.8. The Hall–Kier alpha value is -2.04. The Morgan fingerprint density at radius 2 is 1.79 bits per heavy atom. The van der Waals surface area contributed by atoms with Gasteiger partial charge in [0.2, 0.25) is 5.91 Å². The molecule has 184 valence electrons. The second-order valence-electron chi connectivity index (χ2n) is 9.06. The molecule has 0 atom stereocenters. The van der Waals surface area contributed by atoms with Gasteiger partial charge in [0.1, 0.15) is 0 Å². The van der Waals surface area contributed by atoms with Gasteiger partial charge in [-0.2, -0.15) is 0 Å². The normalized spacial score (nSPS) is 17.3. The number of anilines is 1. The summed E-state index contributed by atoms with van der Waals surface area (Å²) >= 11 is 0. The Kier molecular flexibility index (Phi) is 10.7. The number of halogens is 1. The van der Waals surface area contributed by atoms with Gasteiger partial charge in [-0.15, -0.1) is 24.0 Å². The number of carbonyl (C=O) groups is 2. The third kappa shape index (κ3) is 7.48. The molecule has 1 saturated heterocycles. The van der Waals surface area contributed by atoms with E-state index in [-0.39, 0.29) is 41.3 Å². The third-order valence-corrected chi connectivity index (χ3v) is 6.35. The van der Waals surface area contributed by atoms with Gasteiger partial charge in [0.15, 0.2) is 5.96 Å². The predicted molar refractivity (Wildman–Crippen MR) is 144 cm³/mol. The van der Waals surface area contributed by atoms with Crippen molar-refractivity contribution in [1.29, 1.82) is 0 Å². The van der Waals surface area contributed by atoms with Crippen molar-refractivity contribution in [3.05, 3.63) is 29.8 Å². The minimum Gasteiger partial charge on any atom is -0.357 e. The molecular formula is C24H39IN6O2. The summed E-state index contributed by atoms with van der Waals surface area (Å²) in [5.41, 5.74) is 1.45. The maximum Gasteiger partial charge on any atom is 0.321 e. The molecule has 33 heavy (non-hydrogen) atoms. The van der Waals surface area contributed by atoms with E-state index in [1.54, 1.807) is 4.90 Å². The largest absolute Gasteiger partial charge is 0.357 e. The fourth-order valence-corrected chi connectivity index (χ4v) is 4.63. The lowest BCUT2D eigenvalue weighted by Crippen LogP contribution is -2.49. The van der Waals surface area contributed by atoms with Crippen molar-refractivity contribution in [2.45, 2.75) is 52.0 Å². The van der Waals surface area contributed by atoms with Crippen LogP contribution in [0.4, 0.5) is 10.5 Å². The van der Waals surface area contributed by atoms with Gasteiger partial charge in [-0.1, -0.05) is 25.0 Å². The van der Waals surface area contributed by atoms with E-state index in [4.69, 9.17) is 4.99 Å². The van der Waals surface area contributed by atoms with E-state index in [0.717, 1.165) is 69.4 Å². The fraction of sp³-hybridized carbons (Fsp3) is 0.625. The number of benzene rings is 1. The van der Waals surface area contributed by atoms with Gasteiger partial charge in [-0.3, -0.25) is 4.79 Å². The molecule has 1 heterocycles. The number of nitrogens with one attached hydrogen (secondary N) is 3. The van der Waals surface area contributed by atoms with Crippen LogP contribution in [0.1, 0.15) is 51.0 Å². The van der Waals surface area contributed by atoms with E-state index < -0.39 is 0 Å². The molecule has 0 spiro atoms. The Balaban J connectivity index is 0.00000385. The lowest BCUT2D eigenvalue weighted by atomic mass is 9.84. The van der Waals surface area contributed by atoms with Gasteiger partial charge in [0.25, 0.3) is 0 Å². The first-order chi connectivity index (χ1) is 15.4. The number of aliphatic imine (C=N–C) groups is 1. The summed E-state index contributed by atoms with van der Waals surface area (Å²) in [4.78, 5) is 33.5. The molecule has 1 saturated carbocycles. The molecule has 9 heteroatoms. The molecule has 3 rings (SSSR count). The molecule has 1 aromatic carbocycles. The van der Waals surface area contributed by atoms with Crippen molar-refractivity contribution in [2.75, 3.05) is 45.6 Å². The van der Waals surface area contributed by atoms with Crippen molar-refractivity contribution in [1.82, 2.24) is 20.4 Å². The van der Waals surface area contributed by atoms with Crippen LogP contribution in [0.25, 0.3) is 0 Å². The molecule has 1 aliphatic heterocycles. The molecular weight excluding hydrogens is 531 g/mol. The third-order valence-electron chi connectivity index (χ3n) is 6.35. The van der Waals surface area contributed by atoms with Crippen LogP contribution in [-0.2, 0) is 11.3 Å². The van der Waals surface area contributed by atoms with Crippen LogP contribution < -0.4 is 16.0 Å². The van der Waals surface area contributed by atoms with Crippen LogP contribution in [0.15, 0.2) is 29.3 Å². The zero-order valence-corrected chi connectivity index (χ0v) is 22.5.